The first-order valence-electron chi connectivity index (χ1n) is 13.7. The number of allylic oxidation sites excluding steroid dienone is 3. The first-order chi connectivity index (χ1) is 19.1. The Balaban J connectivity index is 1.30. The summed E-state index contributed by atoms with van der Waals surface area (Å²) < 4.78 is 0. The Bertz CT molecular complexity index is 1690. The number of nitrogens with zero attached hydrogens (tertiary/aromatic N) is 3. The predicted octanol–water partition coefficient (Wildman–Crippen LogP) is 7.83. The number of pyridine rings is 2. The normalized spacial score (nSPS) is 15.1. The molecule has 6 nitrogen and oxygen atoms in total. The van der Waals surface area contributed by atoms with Crippen molar-refractivity contribution in [3.63, 3.8) is 0 Å². The van der Waals surface area contributed by atoms with Gasteiger partial charge in [-0.15, -0.1) is 11.3 Å². The van der Waals surface area contributed by atoms with E-state index >= 15 is 0 Å². The second kappa shape index (κ2) is 11.1. The summed E-state index contributed by atoms with van der Waals surface area (Å²) in [6.07, 6.45) is 15.5. The topological polar surface area (TPSA) is 82.3 Å². The first kappa shape index (κ1) is 25.5. The number of aromatic amines is 2. The molecule has 0 spiro atoms. The molecule has 1 aliphatic carbocycles. The highest BCUT2D eigenvalue weighted by molar-refractivity contribution is 7.15. The number of H-pyrrole nitrogens is 2. The average molecular weight is 535 g/mol. The SMILES string of the molecule is C=C/C(=C\C(=C/C)c1cnc2n[nH]c(-c3cc4c(-c5ccc(C)s5)nccc4[nH]3)c2c1)CNCC1CCCC1. The molecule has 6 rings (SSSR count). The molecule has 39 heavy (non-hydrogen) atoms. The van der Waals surface area contributed by atoms with Gasteiger partial charge in [-0.2, -0.15) is 5.10 Å². The first-order valence-corrected chi connectivity index (χ1v) is 14.5. The minimum atomic E-state index is 0.696. The zero-order valence-electron chi connectivity index (χ0n) is 22.6. The fourth-order valence-corrected chi connectivity index (χ4v) is 6.44. The molecule has 0 aromatic carbocycles. The maximum atomic E-state index is 4.70. The van der Waals surface area contributed by atoms with Crippen molar-refractivity contribution in [2.45, 2.75) is 39.5 Å². The molecule has 0 unspecified atom stereocenters. The van der Waals surface area contributed by atoms with Gasteiger partial charge in [0.1, 0.15) is 0 Å². The molecule has 5 aromatic rings. The van der Waals surface area contributed by atoms with Crippen LogP contribution in [0.15, 0.2) is 73.1 Å². The van der Waals surface area contributed by atoms with E-state index in [2.05, 4.69) is 82.3 Å². The van der Waals surface area contributed by atoms with Crippen molar-refractivity contribution < 1.29 is 0 Å². The van der Waals surface area contributed by atoms with E-state index in [1.807, 2.05) is 24.5 Å². The number of fused-ring (bicyclic) bond motifs is 2. The Morgan fingerprint density at radius 1 is 1.15 bits per heavy atom. The van der Waals surface area contributed by atoms with E-state index in [9.17, 15) is 0 Å². The quantitative estimate of drug-likeness (QED) is 0.168. The molecule has 3 N–H and O–H groups in total. The van der Waals surface area contributed by atoms with Crippen LogP contribution in [0.4, 0.5) is 0 Å². The molecule has 0 radical (unpaired) electrons. The summed E-state index contributed by atoms with van der Waals surface area (Å²) in [5.74, 6) is 0.814. The fraction of sp³-hybridized carbons (Fsp3) is 0.281. The average Bonchev–Trinajstić information content (AvgIpc) is 3.76. The summed E-state index contributed by atoms with van der Waals surface area (Å²) in [7, 11) is 0. The van der Waals surface area contributed by atoms with Crippen molar-refractivity contribution in [1.82, 2.24) is 30.5 Å². The van der Waals surface area contributed by atoms with Gasteiger partial charge in [-0.1, -0.05) is 37.6 Å². The third kappa shape index (κ3) is 5.24. The van der Waals surface area contributed by atoms with Crippen LogP contribution in [0, 0.1) is 12.8 Å². The van der Waals surface area contributed by atoms with Crippen molar-refractivity contribution in [3.8, 4) is 22.0 Å². The molecule has 0 aliphatic heterocycles. The maximum Gasteiger partial charge on any atom is 0.181 e. The zero-order valence-corrected chi connectivity index (χ0v) is 23.4. The smallest absolute Gasteiger partial charge is 0.181 e. The second-order valence-corrected chi connectivity index (χ2v) is 11.6. The highest BCUT2D eigenvalue weighted by Crippen LogP contribution is 2.35. The number of aryl methyl sites for hydroxylation is 1. The van der Waals surface area contributed by atoms with Crippen molar-refractivity contribution in [2.24, 2.45) is 5.92 Å². The molecule has 1 fully saturated rings. The van der Waals surface area contributed by atoms with Gasteiger partial charge in [0.15, 0.2) is 5.65 Å². The van der Waals surface area contributed by atoms with Crippen LogP contribution in [0.1, 0.15) is 43.0 Å². The van der Waals surface area contributed by atoms with Crippen molar-refractivity contribution in [1.29, 1.82) is 0 Å². The Morgan fingerprint density at radius 2 is 2.03 bits per heavy atom. The summed E-state index contributed by atoms with van der Waals surface area (Å²) in [5, 5.41) is 13.4. The third-order valence-electron chi connectivity index (χ3n) is 7.69. The van der Waals surface area contributed by atoms with E-state index in [0.717, 1.165) is 63.5 Å². The van der Waals surface area contributed by atoms with E-state index < -0.39 is 0 Å². The van der Waals surface area contributed by atoms with Crippen LogP contribution in [0.2, 0.25) is 0 Å². The molecule has 198 valence electrons. The maximum absolute atomic E-state index is 4.70. The molecule has 0 amide bonds. The summed E-state index contributed by atoms with van der Waals surface area (Å²) in [5.41, 5.74) is 7.97. The third-order valence-corrected chi connectivity index (χ3v) is 8.69. The molecular weight excluding hydrogens is 500 g/mol. The van der Waals surface area contributed by atoms with Crippen LogP contribution in [0.25, 0.3) is 49.5 Å². The fourth-order valence-electron chi connectivity index (χ4n) is 5.56. The standard InChI is InChI=1S/C32H34N6S/c1-4-21(17-33-18-22-8-6-7-9-22)14-23(5-2)24-15-26-30(37-38-32(26)35-19-24)28-16-25-27(36-28)12-13-34-31(25)29-11-10-20(3)39-29/h4-5,10-16,19,22,33,36H,1,6-9,17-18H2,2-3H3,(H,35,37,38)/b21-14+,23-5+. The highest BCUT2D eigenvalue weighted by atomic mass is 32.1. The van der Waals surface area contributed by atoms with Crippen LogP contribution in [0.3, 0.4) is 0 Å². The van der Waals surface area contributed by atoms with E-state index in [-0.39, 0.29) is 0 Å². The van der Waals surface area contributed by atoms with E-state index in [1.54, 1.807) is 11.3 Å². The molecule has 1 saturated carbocycles. The van der Waals surface area contributed by atoms with Gasteiger partial charge in [-0.05, 0) is 80.6 Å². The molecule has 5 heterocycles. The number of hydrogen-bond donors (Lipinski definition) is 3. The van der Waals surface area contributed by atoms with Gasteiger partial charge in [-0.3, -0.25) is 10.1 Å². The largest absolute Gasteiger partial charge is 0.353 e. The van der Waals surface area contributed by atoms with Crippen molar-refractivity contribution in [3.05, 3.63) is 83.5 Å². The Labute approximate surface area is 233 Å². The number of thiophene rings is 1. The molecule has 1 aliphatic rings. The lowest BCUT2D eigenvalue weighted by atomic mass is 10.0. The molecule has 7 heteroatoms. The Hall–Kier alpha value is -3.81. The highest BCUT2D eigenvalue weighted by Gasteiger charge is 2.17. The van der Waals surface area contributed by atoms with Crippen LogP contribution in [0.5, 0.6) is 0 Å². The molecule has 0 saturated heterocycles. The summed E-state index contributed by atoms with van der Waals surface area (Å²) in [4.78, 5) is 15.4. The van der Waals surface area contributed by atoms with Crippen LogP contribution < -0.4 is 5.32 Å². The minimum Gasteiger partial charge on any atom is -0.353 e. The summed E-state index contributed by atoms with van der Waals surface area (Å²) >= 11 is 1.76. The Morgan fingerprint density at radius 3 is 2.79 bits per heavy atom. The van der Waals surface area contributed by atoms with Crippen molar-refractivity contribution in [2.75, 3.05) is 13.1 Å². The molecule has 0 bridgehead atoms. The zero-order chi connectivity index (χ0) is 26.8. The Kier molecular flexibility index (Phi) is 7.26. The van der Waals surface area contributed by atoms with Gasteiger partial charge in [0, 0.05) is 45.7 Å². The van der Waals surface area contributed by atoms with Crippen molar-refractivity contribution >= 4 is 38.8 Å². The van der Waals surface area contributed by atoms with Gasteiger partial charge >= 0.3 is 0 Å². The lowest BCUT2D eigenvalue weighted by molar-refractivity contribution is 0.503. The molecule has 0 atom stereocenters. The number of hydrogen-bond acceptors (Lipinski definition) is 5. The van der Waals surface area contributed by atoms with Crippen LogP contribution in [-0.2, 0) is 0 Å². The van der Waals surface area contributed by atoms with Gasteiger partial charge in [0.25, 0.3) is 0 Å². The van der Waals surface area contributed by atoms with E-state index in [1.165, 1.54) is 41.0 Å². The number of nitrogens with one attached hydrogen (secondary N) is 3. The molecule has 5 aromatic heterocycles. The lowest BCUT2D eigenvalue weighted by Gasteiger charge is -2.12. The summed E-state index contributed by atoms with van der Waals surface area (Å²) in [6.45, 7) is 10.2. The monoisotopic (exact) mass is 534 g/mol. The van der Waals surface area contributed by atoms with Crippen LogP contribution in [-0.4, -0.2) is 38.2 Å². The second-order valence-electron chi connectivity index (χ2n) is 10.4. The van der Waals surface area contributed by atoms with Gasteiger partial charge < -0.3 is 10.3 Å². The minimum absolute atomic E-state index is 0.696. The van der Waals surface area contributed by atoms with E-state index in [4.69, 9.17) is 4.98 Å². The van der Waals surface area contributed by atoms with Gasteiger partial charge in [0.2, 0.25) is 0 Å². The van der Waals surface area contributed by atoms with Gasteiger partial charge in [-0.25, -0.2) is 4.98 Å². The van der Waals surface area contributed by atoms with Gasteiger partial charge in [0.05, 0.1) is 22.0 Å². The van der Waals surface area contributed by atoms with Crippen LogP contribution >= 0.6 is 11.3 Å². The lowest BCUT2D eigenvalue weighted by Crippen LogP contribution is -2.23. The molecular formula is C32H34N6S. The number of rotatable bonds is 9. The van der Waals surface area contributed by atoms with E-state index in [0.29, 0.717) is 5.65 Å². The summed E-state index contributed by atoms with van der Waals surface area (Å²) in [6, 6.07) is 10.6. The predicted molar refractivity (Wildman–Crippen MR) is 164 cm³/mol. The number of aromatic nitrogens is 5.